The number of para-hydroxylation sites is 2. The molecule has 0 saturated heterocycles. The van der Waals surface area contributed by atoms with E-state index in [0.717, 1.165) is 28.1 Å². The quantitative estimate of drug-likeness (QED) is 0.547. The number of carbonyl (C=O) groups is 1. The first-order valence-electron chi connectivity index (χ1n) is 9.31. The third kappa shape index (κ3) is 3.55. The highest BCUT2D eigenvalue weighted by Crippen LogP contribution is 2.31. The highest BCUT2D eigenvalue weighted by Gasteiger charge is 2.15. The molecule has 2 heterocycles. The summed E-state index contributed by atoms with van der Waals surface area (Å²) in [6.45, 7) is 3.08. The summed E-state index contributed by atoms with van der Waals surface area (Å²) in [7, 11) is 1.91. The standard InChI is InChI=1S/C21H22N4O3/c1-3-15(14-8-9-18-19(12-14)28-11-10-27-18)23-24-21(26)13-20-22-16-6-4-5-7-17(16)25(20)2/h4-9,12H,3,10-11,13H2,1-2H3,(H,24,26)/b23-15+. The van der Waals surface area contributed by atoms with Gasteiger partial charge in [-0.15, -0.1) is 0 Å². The lowest BCUT2D eigenvalue weighted by atomic mass is 10.1. The van der Waals surface area contributed by atoms with Gasteiger partial charge in [-0.25, -0.2) is 10.4 Å². The van der Waals surface area contributed by atoms with E-state index in [1.165, 1.54) is 0 Å². The van der Waals surface area contributed by atoms with Crippen molar-refractivity contribution >= 4 is 22.7 Å². The van der Waals surface area contributed by atoms with Gasteiger partial charge in [0.25, 0.3) is 0 Å². The lowest BCUT2D eigenvalue weighted by Crippen LogP contribution is -2.23. The maximum absolute atomic E-state index is 12.4. The number of rotatable bonds is 5. The lowest BCUT2D eigenvalue weighted by Gasteiger charge is -2.19. The van der Waals surface area contributed by atoms with E-state index < -0.39 is 0 Å². The highest BCUT2D eigenvalue weighted by atomic mass is 16.6. The summed E-state index contributed by atoms with van der Waals surface area (Å²) in [5.74, 6) is 1.93. The molecule has 2 aromatic carbocycles. The van der Waals surface area contributed by atoms with Gasteiger partial charge < -0.3 is 14.0 Å². The van der Waals surface area contributed by atoms with Crippen molar-refractivity contribution in [1.29, 1.82) is 0 Å². The third-order valence-corrected chi connectivity index (χ3v) is 4.72. The van der Waals surface area contributed by atoms with Gasteiger partial charge in [0.05, 0.1) is 23.2 Å². The lowest BCUT2D eigenvalue weighted by molar-refractivity contribution is -0.120. The van der Waals surface area contributed by atoms with Crippen molar-refractivity contribution in [2.75, 3.05) is 13.2 Å². The first kappa shape index (κ1) is 18.0. The van der Waals surface area contributed by atoms with Crippen LogP contribution in [0.2, 0.25) is 0 Å². The number of aryl methyl sites for hydroxylation is 1. The molecule has 1 aromatic heterocycles. The van der Waals surface area contributed by atoms with Crippen LogP contribution in [0.4, 0.5) is 0 Å². The molecular weight excluding hydrogens is 356 g/mol. The van der Waals surface area contributed by atoms with Gasteiger partial charge in [0.15, 0.2) is 11.5 Å². The molecule has 0 unspecified atom stereocenters. The van der Waals surface area contributed by atoms with E-state index in [2.05, 4.69) is 15.5 Å². The molecule has 0 bridgehead atoms. The van der Waals surface area contributed by atoms with E-state index in [4.69, 9.17) is 9.47 Å². The van der Waals surface area contributed by atoms with Crippen molar-refractivity contribution in [3.05, 3.63) is 53.9 Å². The molecule has 7 nitrogen and oxygen atoms in total. The van der Waals surface area contributed by atoms with E-state index in [0.29, 0.717) is 31.2 Å². The number of hydrogen-bond donors (Lipinski definition) is 1. The molecule has 0 atom stereocenters. The summed E-state index contributed by atoms with van der Waals surface area (Å²) >= 11 is 0. The molecule has 0 radical (unpaired) electrons. The van der Waals surface area contributed by atoms with Crippen LogP contribution in [-0.4, -0.2) is 34.4 Å². The molecule has 0 fully saturated rings. The molecule has 144 valence electrons. The molecule has 7 heteroatoms. The molecule has 1 N–H and O–H groups in total. The molecule has 0 saturated carbocycles. The number of aromatic nitrogens is 2. The van der Waals surface area contributed by atoms with Gasteiger partial charge >= 0.3 is 0 Å². The number of fused-ring (bicyclic) bond motifs is 2. The van der Waals surface area contributed by atoms with Crippen LogP contribution < -0.4 is 14.9 Å². The fraction of sp³-hybridized carbons (Fsp3) is 0.286. The summed E-state index contributed by atoms with van der Waals surface area (Å²) in [5, 5.41) is 4.32. The summed E-state index contributed by atoms with van der Waals surface area (Å²) in [6.07, 6.45) is 0.832. The Morgan fingerprint density at radius 2 is 1.96 bits per heavy atom. The van der Waals surface area contributed by atoms with Gasteiger partial charge in [0.1, 0.15) is 19.0 Å². The average molecular weight is 378 g/mol. The summed E-state index contributed by atoms with van der Waals surface area (Å²) in [6, 6.07) is 13.5. The van der Waals surface area contributed by atoms with Gasteiger partial charge in [0, 0.05) is 12.6 Å². The summed E-state index contributed by atoms with van der Waals surface area (Å²) in [4.78, 5) is 16.9. The molecule has 1 aliphatic rings. The second-order valence-electron chi connectivity index (χ2n) is 6.56. The van der Waals surface area contributed by atoms with Crippen LogP contribution in [0.3, 0.4) is 0 Å². The Kier molecular flexibility index (Phi) is 4.97. The monoisotopic (exact) mass is 378 g/mol. The SMILES string of the molecule is CC/C(=N\NC(=O)Cc1nc2ccccc2n1C)c1ccc2c(c1)OCCO2. The van der Waals surface area contributed by atoms with Crippen LogP contribution in [0.1, 0.15) is 24.7 Å². The summed E-state index contributed by atoms with van der Waals surface area (Å²) in [5.41, 5.74) is 6.20. The molecule has 1 aliphatic heterocycles. The predicted molar refractivity (Wildman–Crippen MR) is 107 cm³/mol. The van der Waals surface area contributed by atoms with E-state index in [1.807, 2.05) is 61.0 Å². The Balaban J connectivity index is 1.48. The van der Waals surface area contributed by atoms with Crippen molar-refractivity contribution in [3.8, 4) is 11.5 Å². The second-order valence-corrected chi connectivity index (χ2v) is 6.56. The van der Waals surface area contributed by atoms with Gasteiger partial charge in [-0.1, -0.05) is 19.1 Å². The van der Waals surface area contributed by atoms with Crippen molar-refractivity contribution < 1.29 is 14.3 Å². The topological polar surface area (TPSA) is 77.7 Å². The first-order valence-corrected chi connectivity index (χ1v) is 9.31. The zero-order valence-corrected chi connectivity index (χ0v) is 15.9. The number of hydrazone groups is 1. The maximum atomic E-state index is 12.4. The Hall–Kier alpha value is -3.35. The number of nitrogens with zero attached hydrogens (tertiary/aromatic N) is 3. The molecule has 1 amide bonds. The molecule has 4 rings (SSSR count). The Morgan fingerprint density at radius 3 is 2.75 bits per heavy atom. The molecule has 28 heavy (non-hydrogen) atoms. The van der Waals surface area contributed by atoms with Crippen molar-refractivity contribution in [2.45, 2.75) is 19.8 Å². The Bertz CT molecular complexity index is 1050. The van der Waals surface area contributed by atoms with Crippen molar-refractivity contribution in [1.82, 2.24) is 15.0 Å². The fourth-order valence-electron chi connectivity index (χ4n) is 3.24. The number of amides is 1. The summed E-state index contributed by atoms with van der Waals surface area (Å²) < 4.78 is 13.1. The van der Waals surface area contributed by atoms with Crippen LogP contribution >= 0.6 is 0 Å². The van der Waals surface area contributed by atoms with E-state index in [1.54, 1.807) is 0 Å². The fourth-order valence-corrected chi connectivity index (χ4v) is 3.24. The molecule has 3 aromatic rings. The van der Waals surface area contributed by atoms with Crippen molar-refractivity contribution in [3.63, 3.8) is 0 Å². The predicted octanol–water partition coefficient (Wildman–Crippen LogP) is 2.82. The zero-order chi connectivity index (χ0) is 19.5. The third-order valence-electron chi connectivity index (χ3n) is 4.72. The van der Waals surface area contributed by atoms with Crippen LogP contribution in [0.5, 0.6) is 11.5 Å². The minimum Gasteiger partial charge on any atom is -0.486 e. The average Bonchev–Trinajstić information content (AvgIpc) is 3.04. The molecular formula is C21H22N4O3. The van der Waals surface area contributed by atoms with Crippen LogP contribution in [0.25, 0.3) is 11.0 Å². The zero-order valence-electron chi connectivity index (χ0n) is 15.9. The van der Waals surface area contributed by atoms with Crippen LogP contribution in [-0.2, 0) is 18.3 Å². The minimum absolute atomic E-state index is 0.160. The Labute approximate surface area is 163 Å². The normalized spacial score (nSPS) is 13.6. The highest BCUT2D eigenvalue weighted by molar-refractivity contribution is 6.01. The largest absolute Gasteiger partial charge is 0.486 e. The van der Waals surface area contributed by atoms with E-state index >= 15 is 0 Å². The smallest absolute Gasteiger partial charge is 0.247 e. The van der Waals surface area contributed by atoms with Crippen LogP contribution in [0, 0.1) is 0 Å². The van der Waals surface area contributed by atoms with E-state index in [-0.39, 0.29) is 12.3 Å². The van der Waals surface area contributed by atoms with Crippen molar-refractivity contribution in [2.24, 2.45) is 12.1 Å². The number of ether oxygens (including phenoxy) is 2. The van der Waals surface area contributed by atoms with Gasteiger partial charge in [-0.2, -0.15) is 5.10 Å². The Morgan fingerprint density at radius 1 is 1.18 bits per heavy atom. The molecule has 0 spiro atoms. The number of benzene rings is 2. The van der Waals surface area contributed by atoms with Crippen LogP contribution in [0.15, 0.2) is 47.6 Å². The number of imidazole rings is 1. The van der Waals surface area contributed by atoms with Gasteiger partial charge in [0.2, 0.25) is 5.91 Å². The van der Waals surface area contributed by atoms with Gasteiger partial charge in [-0.05, 0) is 36.8 Å². The molecule has 0 aliphatic carbocycles. The first-order chi connectivity index (χ1) is 13.7. The number of hydrogen-bond acceptors (Lipinski definition) is 5. The number of carbonyl (C=O) groups excluding carboxylic acids is 1. The van der Waals surface area contributed by atoms with E-state index in [9.17, 15) is 4.79 Å². The minimum atomic E-state index is -0.207. The van der Waals surface area contributed by atoms with Gasteiger partial charge in [-0.3, -0.25) is 4.79 Å². The maximum Gasteiger partial charge on any atom is 0.247 e. The second kappa shape index (κ2) is 7.72. The number of nitrogens with one attached hydrogen (secondary N) is 1.